The number of carbonyl (C=O) groups excluding carboxylic acids is 2. The molecule has 1 aliphatic rings. The summed E-state index contributed by atoms with van der Waals surface area (Å²) in [6.07, 6.45) is 29.2. The van der Waals surface area contributed by atoms with E-state index in [0.717, 1.165) is 12.8 Å². The first-order chi connectivity index (χ1) is 17.2. The predicted octanol–water partition coefficient (Wildman–Crippen LogP) is 8.04. The van der Waals surface area contributed by atoms with Gasteiger partial charge in [-0.1, -0.05) is 122 Å². The maximum Gasteiger partial charge on any atom is 0.305 e. The largest absolute Gasteiger partial charge is 0.464 e. The molecule has 0 aromatic carbocycles. The number of esters is 1. The molecule has 1 aliphatic heterocycles. The Balaban J connectivity index is 1.77. The van der Waals surface area contributed by atoms with Gasteiger partial charge in [-0.2, -0.15) is 0 Å². The van der Waals surface area contributed by atoms with E-state index in [4.69, 9.17) is 4.74 Å². The van der Waals surface area contributed by atoms with Gasteiger partial charge in [0.15, 0.2) is 0 Å². The molecule has 35 heavy (non-hydrogen) atoms. The fourth-order valence-electron chi connectivity index (χ4n) is 4.76. The van der Waals surface area contributed by atoms with E-state index in [-0.39, 0.29) is 11.9 Å². The standard InChI is InChI=1S/C30H56N2O3/c1-2-3-4-5-6-7-8-9-10-11-12-13-14-15-16-17-18-19-20-23-30(34)35-28-27-32-26-25-31-24-21-22-29(32)33/h24H,2-23,25-28H2,1H3/b31-24-. The fraction of sp³-hybridized carbons (Fsp3) is 0.900. The van der Waals surface area contributed by atoms with Crippen molar-refractivity contribution in [3.8, 4) is 0 Å². The van der Waals surface area contributed by atoms with Crippen LogP contribution in [0.15, 0.2) is 4.99 Å². The Morgan fingerprint density at radius 3 is 1.80 bits per heavy atom. The normalized spacial score (nSPS) is 15.1. The first-order valence-electron chi connectivity index (χ1n) is 15.2. The maximum atomic E-state index is 12.0. The summed E-state index contributed by atoms with van der Waals surface area (Å²) in [5, 5.41) is 0. The van der Waals surface area contributed by atoms with Crippen LogP contribution < -0.4 is 0 Å². The Hall–Kier alpha value is -1.39. The van der Waals surface area contributed by atoms with Crippen LogP contribution in [0.5, 0.6) is 0 Å². The third kappa shape index (κ3) is 20.5. The SMILES string of the molecule is CCCCCCCCCCCCCCCCCCCCCC(=O)OCCN1CC/N=C\CCC1=O. The minimum absolute atomic E-state index is 0.130. The molecule has 204 valence electrons. The molecule has 0 fully saturated rings. The molecule has 0 bridgehead atoms. The smallest absolute Gasteiger partial charge is 0.305 e. The third-order valence-electron chi connectivity index (χ3n) is 7.08. The fourth-order valence-corrected chi connectivity index (χ4v) is 4.76. The molecular formula is C30H56N2O3. The van der Waals surface area contributed by atoms with Crippen molar-refractivity contribution in [2.24, 2.45) is 4.99 Å². The number of nitrogens with zero attached hydrogens (tertiary/aromatic N) is 2. The van der Waals surface area contributed by atoms with Gasteiger partial charge in [0.25, 0.3) is 0 Å². The Kier molecular flexibility index (Phi) is 22.0. The number of rotatable bonds is 23. The molecule has 0 N–H and O–H groups in total. The van der Waals surface area contributed by atoms with Crippen LogP contribution in [0.4, 0.5) is 0 Å². The zero-order chi connectivity index (χ0) is 25.2. The first-order valence-corrected chi connectivity index (χ1v) is 15.2. The van der Waals surface area contributed by atoms with Crippen molar-refractivity contribution in [1.82, 2.24) is 4.90 Å². The topological polar surface area (TPSA) is 59.0 Å². The van der Waals surface area contributed by atoms with E-state index in [1.165, 1.54) is 109 Å². The summed E-state index contributed by atoms with van der Waals surface area (Å²) in [5.74, 6) is 0.000453. The van der Waals surface area contributed by atoms with E-state index in [2.05, 4.69) is 11.9 Å². The molecule has 1 rings (SSSR count). The van der Waals surface area contributed by atoms with Crippen LogP contribution in [0.3, 0.4) is 0 Å². The van der Waals surface area contributed by atoms with Crippen LogP contribution in [-0.4, -0.2) is 49.2 Å². The predicted molar refractivity (Wildman–Crippen MR) is 148 cm³/mol. The van der Waals surface area contributed by atoms with Crippen molar-refractivity contribution in [2.75, 3.05) is 26.2 Å². The van der Waals surface area contributed by atoms with Gasteiger partial charge in [-0.3, -0.25) is 14.6 Å². The monoisotopic (exact) mass is 492 g/mol. The summed E-state index contributed by atoms with van der Waals surface area (Å²) in [7, 11) is 0. The van der Waals surface area contributed by atoms with E-state index in [1.54, 1.807) is 4.90 Å². The van der Waals surface area contributed by atoms with Crippen LogP contribution in [0.1, 0.15) is 148 Å². The van der Waals surface area contributed by atoms with Crippen LogP contribution in [0, 0.1) is 0 Å². The molecule has 5 nitrogen and oxygen atoms in total. The molecular weight excluding hydrogens is 436 g/mol. The molecule has 0 atom stereocenters. The molecule has 0 aliphatic carbocycles. The van der Waals surface area contributed by atoms with E-state index in [0.29, 0.717) is 45.5 Å². The van der Waals surface area contributed by atoms with Crippen LogP contribution in [-0.2, 0) is 14.3 Å². The van der Waals surface area contributed by atoms with Gasteiger partial charge in [-0.15, -0.1) is 0 Å². The highest BCUT2D eigenvalue weighted by Crippen LogP contribution is 2.15. The van der Waals surface area contributed by atoms with Crippen molar-refractivity contribution < 1.29 is 14.3 Å². The summed E-state index contributed by atoms with van der Waals surface area (Å²) in [5.41, 5.74) is 0. The molecule has 0 spiro atoms. The van der Waals surface area contributed by atoms with Crippen LogP contribution in [0.25, 0.3) is 0 Å². The number of unbranched alkanes of at least 4 members (excludes halogenated alkanes) is 18. The maximum absolute atomic E-state index is 12.0. The van der Waals surface area contributed by atoms with Gasteiger partial charge in [0.05, 0.1) is 13.1 Å². The summed E-state index contributed by atoms with van der Waals surface area (Å²) >= 11 is 0. The Morgan fingerprint density at radius 1 is 0.800 bits per heavy atom. The molecule has 0 aromatic heterocycles. The third-order valence-corrected chi connectivity index (χ3v) is 7.08. The molecule has 0 aromatic rings. The Labute approximate surface area is 216 Å². The number of hydrogen-bond donors (Lipinski definition) is 0. The van der Waals surface area contributed by atoms with Crippen molar-refractivity contribution in [3.05, 3.63) is 0 Å². The van der Waals surface area contributed by atoms with Gasteiger partial charge in [0.2, 0.25) is 5.91 Å². The highest BCUT2D eigenvalue weighted by Gasteiger charge is 2.14. The molecule has 1 amide bonds. The lowest BCUT2D eigenvalue weighted by Crippen LogP contribution is -2.37. The molecule has 5 heteroatoms. The number of carbonyl (C=O) groups is 2. The lowest BCUT2D eigenvalue weighted by Gasteiger charge is -2.22. The average Bonchev–Trinajstić information content (AvgIpc) is 2.84. The lowest BCUT2D eigenvalue weighted by atomic mass is 10.0. The van der Waals surface area contributed by atoms with E-state index in [9.17, 15) is 9.59 Å². The van der Waals surface area contributed by atoms with Gasteiger partial charge in [0, 0.05) is 19.4 Å². The van der Waals surface area contributed by atoms with Crippen molar-refractivity contribution in [2.45, 2.75) is 148 Å². The van der Waals surface area contributed by atoms with Crippen molar-refractivity contribution >= 4 is 18.1 Å². The second-order valence-corrected chi connectivity index (χ2v) is 10.3. The second kappa shape index (κ2) is 24.3. The lowest BCUT2D eigenvalue weighted by molar-refractivity contribution is -0.146. The molecule has 0 radical (unpaired) electrons. The minimum atomic E-state index is -0.130. The zero-order valence-corrected chi connectivity index (χ0v) is 23.1. The zero-order valence-electron chi connectivity index (χ0n) is 23.1. The first kappa shape index (κ1) is 31.6. The highest BCUT2D eigenvalue weighted by atomic mass is 16.5. The number of amides is 1. The number of aliphatic imine (C=N–C) groups is 1. The molecule has 0 saturated carbocycles. The van der Waals surface area contributed by atoms with Gasteiger partial charge in [-0.25, -0.2) is 0 Å². The molecule has 1 heterocycles. The van der Waals surface area contributed by atoms with E-state index in [1.807, 2.05) is 6.21 Å². The summed E-state index contributed by atoms with van der Waals surface area (Å²) in [4.78, 5) is 30.0. The molecule has 0 saturated heterocycles. The van der Waals surface area contributed by atoms with Gasteiger partial charge >= 0.3 is 5.97 Å². The van der Waals surface area contributed by atoms with Crippen molar-refractivity contribution in [3.63, 3.8) is 0 Å². The Morgan fingerprint density at radius 2 is 1.29 bits per heavy atom. The van der Waals surface area contributed by atoms with Crippen LogP contribution >= 0.6 is 0 Å². The summed E-state index contributed by atoms with van der Waals surface area (Å²) < 4.78 is 5.33. The van der Waals surface area contributed by atoms with Gasteiger partial charge in [-0.05, 0) is 19.1 Å². The van der Waals surface area contributed by atoms with Gasteiger partial charge in [0.1, 0.15) is 6.61 Å². The van der Waals surface area contributed by atoms with Gasteiger partial charge < -0.3 is 9.64 Å². The van der Waals surface area contributed by atoms with Crippen molar-refractivity contribution in [1.29, 1.82) is 0 Å². The molecule has 0 unspecified atom stereocenters. The van der Waals surface area contributed by atoms with Crippen LogP contribution in [0.2, 0.25) is 0 Å². The quantitative estimate of drug-likeness (QED) is 0.107. The number of ether oxygens (including phenoxy) is 1. The number of hydrogen-bond acceptors (Lipinski definition) is 4. The minimum Gasteiger partial charge on any atom is -0.464 e. The summed E-state index contributed by atoms with van der Waals surface area (Å²) in [6.45, 7) is 4.32. The van der Waals surface area contributed by atoms with E-state index < -0.39 is 0 Å². The highest BCUT2D eigenvalue weighted by molar-refractivity contribution is 5.79. The Bertz CT molecular complexity index is 536. The summed E-state index contributed by atoms with van der Waals surface area (Å²) in [6, 6.07) is 0. The second-order valence-electron chi connectivity index (χ2n) is 10.3. The van der Waals surface area contributed by atoms with E-state index >= 15 is 0 Å². The average molecular weight is 493 g/mol.